The van der Waals surface area contributed by atoms with Gasteiger partial charge in [-0.1, -0.05) is 0 Å². The molecular weight excluding hydrogens is 533 g/mol. The molecular formula is C28H32FN7O5. The molecule has 0 bridgehead atoms. The van der Waals surface area contributed by atoms with E-state index in [0.717, 1.165) is 56.6 Å². The molecule has 3 saturated heterocycles. The summed E-state index contributed by atoms with van der Waals surface area (Å²) in [5.74, 6) is 0.309. The lowest BCUT2D eigenvalue weighted by molar-refractivity contribution is -0.119. The normalized spacial score (nSPS) is 25.0. The van der Waals surface area contributed by atoms with Crippen molar-refractivity contribution in [3.05, 3.63) is 35.3 Å². The number of ether oxygens (including phenoxy) is 2. The Morgan fingerprint density at radius 3 is 2.88 bits per heavy atom. The Bertz CT molecular complexity index is 1410. The second kappa shape index (κ2) is 10.2. The van der Waals surface area contributed by atoms with Crippen molar-refractivity contribution in [2.24, 2.45) is 5.92 Å². The standard InChI is InChI=1S/C28H32FN7O5/c29-20-11-18(32-25(38)21-2-1-5-30-21)10-17-8-16(9-19(17)20)13-35-6-3-28(4-7-35)15-36(27(39)41-28)22-12-31-26-24(33-22)34-23(37)14-40-26/h10-12,16,21,30H,1-9,13-15H2,(H,32,38)(H,33,34,37). The summed E-state index contributed by atoms with van der Waals surface area (Å²) in [4.78, 5) is 49.3. The third-order valence-electron chi connectivity index (χ3n) is 8.79. The Labute approximate surface area is 236 Å². The number of hydrogen-bond acceptors (Lipinski definition) is 9. The fraction of sp³-hybridized carbons (Fsp3) is 0.536. The number of amides is 3. The molecule has 5 aliphatic rings. The summed E-state index contributed by atoms with van der Waals surface area (Å²) < 4.78 is 26.1. The number of carbonyl (C=O) groups excluding carboxylic acids is 3. The number of nitrogens with one attached hydrogen (secondary N) is 3. The maximum absolute atomic E-state index is 15.0. The Morgan fingerprint density at radius 1 is 1.22 bits per heavy atom. The summed E-state index contributed by atoms with van der Waals surface area (Å²) in [6.45, 7) is 3.40. The predicted molar refractivity (Wildman–Crippen MR) is 145 cm³/mol. The molecule has 0 saturated carbocycles. The number of halogens is 1. The van der Waals surface area contributed by atoms with Crippen LogP contribution in [-0.2, 0) is 27.2 Å². The van der Waals surface area contributed by atoms with Crippen molar-refractivity contribution < 1.29 is 28.2 Å². The number of nitrogens with zero attached hydrogens (tertiary/aromatic N) is 4. The summed E-state index contributed by atoms with van der Waals surface area (Å²) in [6.07, 6.45) is 5.51. The molecule has 1 aliphatic carbocycles. The number of fused-ring (bicyclic) bond motifs is 2. The van der Waals surface area contributed by atoms with E-state index in [-0.39, 0.29) is 47.9 Å². The molecule has 12 nitrogen and oxygen atoms in total. The first-order chi connectivity index (χ1) is 19.8. The highest BCUT2D eigenvalue weighted by Gasteiger charge is 2.48. The zero-order valence-electron chi connectivity index (χ0n) is 22.6. The molecule has 4 aliphatic heterocycles. The third kappa shape index (κ3) is 5.08. The number of anilines is 3. The third-order valence-corrected chi connectivity index (χ3v) is 8.79. The average Bonchev–Trinajstić information content (AvgIpc) is 3.69. The van der Waals surface area contributed by atoms with E-state index >= 15 is 0 Å². The van der Waals surface area contributed by atoms with Gasteiger partial charge in [0, 0.05) is 38.2 Å². The van der Waals surface area contributed by atoms with E-state index < -0.39 is 11.7 Å². The topological polar surface area (TPSA) is 138 Å². The summed E-state index contributed by atoms with van der Waals surface area (Å²) in [5.41, 5.74) is 1.61. The van der Waals surface area contributed by atoms with E-state index in [2.05, 4.69) is 30.8 Å². The maximum Gasteiger partial charge on any atom is 0.416 e. The first-order valence-electron chi connectivity index (χ1n) is 14.2. The van der Waals surface area contributed by atoms with Crippen molar-refractivity contribution in [3.8, 4) is 5.88 Å². The minimum Gasteiger partial charge on any atom is -0.465 e. The number of benzene rings is 1. The van der Waals surface area contributed by atoms with E-state index in [0.29, 0.717) is 37.3 Å². The van der Waals surface area contributed by atoms with Gasteiger partial charge in [-0.15, -0.1) is 0 Å². The number of carbonyl (C=O) groups is 3. The minimum atomic E-state index is -0.614. The largest absolute Gasteiger partial charge is 0.465 e. The Morgan fingerprint density at radius 2 is 2.07 bits per heavy atom. The highest BCUT2D eigenvalue weighted by Crippen LogP contribution is 2.38. The quantitative estimate of drug-likeness (QED) is 0.496. The van der Waals surface area contributed by atoms with Gasteiger partial charge in [-0.3, -0.25) is 14.5 Å². The number of hydrogen-bond donors (Lipinski definition) is 3. The second-order valence-corrected chi connectivity index (χ2v) is 11.7. The summed E-state index contributed by atoms with van der Waals surface area (Å²) in [6, 6.07) is 3.15. The van der Waals surface area contributed by atoms with Gasteiger partial charge in [-0.2, -0.15) is 0 Å². The molecule has 2 unspecified atom stereocenters. The van der Waals surface area contributed by atoms with Crippen LogP contribution in [0.15, 0.2) is 18.3 Å². The molecule has 3 fully saturated rings. The minimum absolute atomic E-state index is 0.107. The molecule has 41 heavy (non-hydrogen) atoms. The zero-order valence-corrected chi connectivity index (χ0v) is 22.6. The highest BCUT2D eigenvalue weighted by molar-refractivity contribution is 5.95. The van der Waals surface area contributed by atoms with Crippen LogP contribution in [0.25, 0.3) is 0 Å². The van der Waals surface area contributed by atoms with Gasteiger partial charge >= 0.3 is 6.09 Å². The van der Waals surface area contributed by atoms with Gasteiger partial charge in [0.05, 0.1) is 18.8 Å². The first-order valence-corrected chi connectivity index (χ1v) is 14.2. The van der Waals surface area contributed by atoms with E-state index in [1.165, 1.54) is 17.2 Å². The van der Waals surface area contributed by atoms with Crippen LogP contribution in [0.1, 0.15) is 36.8 Å². The van der Waals surface area contributed by atoms with Gasteiger partial charge in [-0.05, 0) is 61.4 Å². The molecule has 1 spiro atoms. The lowest BCUT2D eigenvalue weighted by Gasteiger charge is -2.38. The molecule has 2 aromatic rings. The second-order valence-electron chi connectivity index (χ2n) is 11.7. The van der Waals surface area contributed by atoms with Gasteiger partial charge in [0.25, 0.3) is 11.8 Å². The van der Waals surface area contributed by atoms with Crippen LogP contribution >= 0.6 is 0 Å². The van der Waals surface area contributed by atoms with Crippen LogP contribution < -0.4 is 25.6 Å². The predicted octanol–water partition coefficient (Wildman–Crippen LogP) is 1.84. The van der Waals surface area contributed by atoms with E-state index in [1.807, 2.05) is 6.07 Å². The van der Waals surface area contributed by atoms with Gasteiger partial charge < -0.3 is 30.3 Å². The first kappa shape index (κ1) is 26.1. The molecule has 13 heteroatoms. The number of rotatable bonds is 5. The maximum atomic E-state index is 15.0. The van der Waals surface area contributed by atoms with Crippen LogP contribution in [0.3, 0.4) is 0 Å². The molecule has 1 aromatic carbocycles. The van der Waals surface area contributed by atoms with Crippen molar-refractivity contribution in [1.29, 1.82) is 0 Å². The van der Waals surface area contributed by atoms with Crippen LogP contribution in [0.2, 0.25) is 0 Å². The molecule has 216 valence electrons. The number of aromatic nitrogens is 2. The van der Waals surface area contributed by atoms with E-state index in [4.69, 9.17) is 9.47 Å². The fourth-order valence-corrected chi connectivity index (χ4v) is 6.67. The molecule has 3 amide bonds. The molecule has 3 N–H and O–H groups in total. The van der Waals surface area contributed by atoms with Crippen molar-refractivity contribution in [3.63, 3.8) is 0 Å². The lowest BCUT2D eigenvalue weighted by Crippen LogP contribution is -2.48. The fourth-order valence-electron chi connectivity index (χ4n) is 6.67. The van der Waals surface area contributed by atoms with Crippen molar-refractivity contribution in [2.45, 2.75) is 50.2 Å². The number of piperidine rings is 1. The highest BCUT2D eigenvalue weighted by atomic mass is 19.1. The Balaban J connectivity index is 0.943. The SMILES string of the molecule is O=C1COc2ncc(N3CC4(CCN(CC5Cc6cc(NC(=O)C7CCCN7)cc(F)c6C5)CC4)OC3=O)nc2N1. The summed E-state index contributed by atoms with van der Waals surface area (Å²) >= 11 is 0. The summed E-state index contributed by atoms with van der Waals surface area (Å²) in [7, 11) is 0. The van der Waals surface area contributed by atoms with Crippen molar-refractivity contribution in [1.82, 2.24) is 20.2 Å². The van der Waals surface area contributed by atoms with Gasteiger partial charge in [0.1, 0.15) is 11.4 Å². The molecule has 0 radical (unpaired) electrons. The van der Waals surface area contributed by atoms with Gasteiger partial charge in [0.2, 0.25) is 5.91 Å². The lowest BCUT2D eigenvalue weighted by atomic mass is 9.90. The van der Waals surface area contributed by atoms with Crippen molar-refractivity contribution >= 4 is 35.2 Å². The molecule has 5 heterocycles. The molecule has 1 aromatic heterocycles. The average molecular weight is 566 g/mol. The monoisotopic (exact) mass is 565 g/mol. The zero-order chi connectivity index (χ0) is 28.1. The molecule has 7 rings (SSSR count). The van der Waals surface area contributed by atoms with Crippen molar-refractivity contribution in [2.75, 3.05) is 54.9 Å². The summed E-state index contributed by atoms with van der Waals surface area (Å²) in [5, 5.41) is 8.67. The van der Waals surface area contributed by atoms with Gasteiger partial charge in [0.15, 0.2) is 18.2 Å². The van der Waals surface area contributed by atoms with E-state index in [1.54, 1.807) is 0 Å². The van der Waals surface area contributed by atoms with Crippen LogP contribution in [0.4, 0.5) is 26.5 Å². The van der Waals surface area contributed by atoms with Gasteiger partial charge in [-0.25, -0.2) is 19.2 Å². The van der Waals surface area contributed by atoms with E-state index in [9.17, 15) is 18.8 Å². The molecule has 2 atom stereocenters. The Hall–Kier alpha value is -3.84. The number of likely N-dealkylation sites (tertiary alicyclic amines) is 1. The Kier molecular flexibility index (Phi) is 6.50. The van der Waals surface area contributed by atoms with Crippen LogP contribution in [0, 0.1) is 11.7 Å². The van der Waals surface area contributed by atoms with Crippen LogP contribution in [0.5, 0.6) is 5.88 Å². The smallest absolute Gasteiger partial charge is 0.416 e. The van der Waals surface area contributed by atoms with Crippen LogP contribution in [-0.4, -0.2) is 83.7 Å².